The maximum atomic E-state index is 12.1. The molecule has 2 aromatic carbocycles. The van der Waals surface area contributed by atoms with E-state index in [0.29, 0.717) is 28.6 Å². The van der Waals surface area contributed by atoms with Gasteiger partial charge in [0, 0.05) is 0 Å². The number of carbonyl (C=O) groups is 1. The number of methoxy groups -OCH3 is 3. The quantitative estimate of drug-likeness (QED) is 0.781. The number of ether oxygens (including phenoxy) is 4. The van der Waals surface area contributed by atoms with Crippen LogP contribution in [0.15, 0.2) is 42.5 Å². The van der Waals surface area contributed by atoms with Gasteiger partial charge in [-0.05, 0) is 29.8 Å². The topological polar surface area (TPSA) is 89.8 Å². The number of hydrogen-bond acceptors (Lipinski definition) is 6. The van der Waals surface area contributed by atoms with E-state index < -0.39 is 11.9 Å². The number of hydrogen-bond donors (Lipinski definition) is 1. The van der Waals surface area contributed by atoms with Crippen molar-refractivity contribution >= 4 is 5.91 Å². The van der Waals surface area contributed by atoms with Gasteiger partial charge in [0.1, 0.15) is 11.8 Å². The molecule has 0 bridgehead atoms. The van der Waals surface area contributed by atoms with E-state index in [1.807, 2.05) is 12.1 Å². The Balaban J connectivity index is 2.12. The molecule has 7 nitrogen and oxygen atoms in total. The van der Waals surface area contributed by atoms with E-state index in [9.17, 15) is 10.1 Å². The molecule has 136 valence electrons. The second-order valence-corrected chi connectivity index (χ2v) is 5.19. The summed E-state index contributed by atoms with van der Waals surface area (Å²) in [6, 6.07) is 13.3. The lowest BCUT2D eigenvalue weighted by atomic mass is 10.1. The fraction of sp³-hybridized carbons (Fsp3) is 0.263. The van der Waals surface area contributed by atoms with E-state index in [4.69, 9.17) is 18.9 Å². The van der Waals surface area contributed by atoms with Crippen LogP contribution < -0.4 is 24.3 Å². The summed E-state index contributed by atoms with van der Waals surface area (Å²) < 4.78 is 21.2. The summed E-state index contributed by atoms with van der Waals surface area (Å²) in [5.41, 5.74) is 0.509. The molecular weight excluding hydrogens is 336 g/mol. The molecule has 1 atom stereocenters. The highest BCUT2D eigenvalue weighted by molar-refractivity contribution is 5.78. The summed E-state index contributed by atoms with van der Waals surface area (Å²) in [4.78, 5) is 12.1. The smallest absolute Gasteiger partial charge is 0.259 e. The lowest BCUT2D eigenvalue weighted by Crippen LogP contribution is -2.32. The lowest BCUT2D eigenvalue weighted by molar-refractivity contribution is -0.123. The molecule has 0 saturated heterocycles. The third-order valence-corrected chi connectivity index (χ3v) is 3.57. The molecule has 1 unspecified atom stereocenters. The van der Waals surface area contributed by atoms with Gasteiger partial charge in [-0.2, -0.15) is 5.26 Å². The molecule has 2 rings (SSSR count). The van der Waals surface area contributed by atoms with E-state index in [0.717, 1.165) is 0 Å². The van der Waals surface area contributed by atoms with Crippen LogP contribution in [0, 0.1) is 11.3 Å². The lowest BCUT2D eigenvalue weighted by Gasteiger charge is -2.17. The van der Waals surface area contributed by atoms with Gasteiger partial charge in [0.25, 0.3) is 5.91 Å². The monoisotopic (exact) mass is 356 g/mol. The highest BCUT2D eigenvalue weighted by Gasteiger charge is 2.20. The van der Waals surface area contributed by atoms with Crippen molar-refractivity contribution in [2.45, 2.75) is 6.04 Å². The number of benzene rings is 2. The Hall–Kier alpha value is -3.40. The zero-order chi connectivity index (χ0) is 18.9. The SMILES string of the molecule is COc1cc(C(C#N)NC(=O)COc2ccccc2)cc(OC)c1OC. The number of nitriles is 1. The largest absolute Gasteiger partial charge is 0.493 e. The van der Waals surface area contributed by atoms with E-state index >= 15 is 0 Å². The molecule has 2 aromatic rings. The molecular formula is C19H20N2O5. The zero-order valence-corrected chi connectivity index (χ0v) is 14.8. The van der Waals surface area contributed by atoms with Crippen molar-refractivity contribution in [3.05, 3.63) is 48.0 Å². The second-order valence-electron chi connectivity index (χ2n) is 5.19. The third kappa shape index (κ3) is 4.57. The fourth-order valence-electron chi connectivity index (χ4n) is 2.33. The number of para-hydroxylation sites is 1. The predicted molar refractivity (Wildman–Crippen MR) is 94.5 cm³/mol. The van der Waals surface area contributed by atoms with E-state index in [2.05, 4.69) is 5.32 Å². The van der Waals surface area contributed by atoms with Crippen LogP contribution in [0.3, 0.4) is 0 Å². The van der Waals surface area contributed by atoms with Crippen LogP contribution >= 0.6 is 0 Å². The van der Waals surface area contributed by atoms with Crippen LogP contribution in [0.4, 0.5) is 0 Å². The van der Waals surface area contributed by atoms with Gasteiger partial charge in [0.05, 0.1) is 27.4 Å². The van der Waals surface area contributed by atoms with Crippen molar-refractivity contribution in [3.8, 4) is 29.1 Å². The molecule has 0 aromatic heterocycles. The average Bonchev–Trinajstić information content (AvgIpc) is 2.69. The van der Waals surface area contributed by atoms with Crippen molar-refractivity contribution in [3.63, 3.8) is 0 Å². The van der Waals surface area contributed by atoms with Crippen molar-refractivity contribution in [1.82, 2.24) is 5.32 Å². The summed E-state index contributed by atoms with van der Waals surface area (Å²) in [7, 11) is 4.45. The summed E-state index contributed by atoms with van der Waals surface area (Å²) >= 11 is 0. The first kappa shape index (κ1) is 18.9. The molecule has 7 heteroatoms. The van der Waals surface area contributed by atoms with Gasteiger partial charge < -0.3 is 24.3 Å². The first-order valence-corrected chi connectivity index (χ1v) is 7.79. The van der Waals surface area contributed by atoms with Gasteiger partial charge in [-0.25, -0.2) is 0 Å². The van der Waals surface area contributed by atoms with Crippen LogP contribution in [0.1, 0.15) is 11.6 Å². The highest BCUT2D eigenvalue weighted by atomic mass is 16.5. The van der Waals surface area contributed by atoms with Gasteiger partial charge in [0.15, 0.2) is 18.1 Å². The minimum atomic E-state index is -0.893. The van der Waals surface area contributed by atoms with E-state index in [1.54, 1.807) is 36.4 Å². The maximum Gasteiger partial charge on any atom is 0.259 e. The Morgan fingerprint density at radius 3 is 2.19 bits per heavy atom. The molecule has 0 saturated carbocycles. The van der Waals surface area contributed by atoms with Crippen LogP contribution in [0.5, 0.6) is 23.0 Å². The van der Waals surface area contributed by atoms with Gasteiger partial charge >= 0.3 is 0 Å². The molecule has 0 fully saturated rings. The van der Waals surface area contributed by atoms with Crippen molar-refractivity contribution < 1.29 is 23.7 Å². The highest BCUT2D eigenvalue weighted by Crippen LogP contribution is 2.39. The first-order chi connectivity index (χ1) is 12.6. The van der Waals surface area contributed by atoms with Crippen LogP contribution in [-0.4, -0.2) is 33.8 Å². The van der Waals surface area contributed by atoms with E-state index in [-0.39, 0.29) is 6.61 Å². The normalized spacial score (nSPS) is 11.0. The number of amides is 1. The molecule has 0 aliphatic rings. The van der Waals surface area contributed by atoms with Gasteiger partial charge in [-0.15, -0.1) is 0 Å². The Bertz CT molecular complexity index is 761. The fourth-order valence-corrected chi connectivity index (χ4v) is 2.33. The first-order valence-electron chi connectivity index (χ1n) is 7.79. The average molecular weight is 356 g/mol. The number of nitrogens with one attached hydrogen (secondary N) is 1. The molecule has 0 aliphatic carbocycles. The van der Waals surface area contributed by atoms with Crippen LogP contribution in [-0.2, 0) is 4.79 Å². The third-order valence-electron chi connectivity index (χ3n) is 3.57. The van der Waals surface area contributed by atoms with E-state index in [1.165, 1.54) is 21.3 Å². The summed E-state index contributed by atoms with van der Waals surface area (Å²) in [5, 5.41) is 12.1. The molecule has 1 N–H and O–H groups in total. The van der Waals surface area contributed by atoms with Gasteiger partial charge in [-0.1, -0.05) is 18.2 Å². The van der Waals surface area contributed by atoms with Crippen LogP contribution in [0.25, 0.3) is 0 Å². The Morgan fingerprint density at radius 2 is 1.69 bits per heavy atom. The Morgan fingerprint density at radius 1 is 1.08 bits per heavy atom. The Kier molecular flexibility index (Phi) is 6.68. The van der Waals surface area contributed by atoms with Crippen molar-refractivity contribution in [2.75, 3.05) is 27.9 Å². The Labute approximate surface area is 152 Å². The molecule has 1 amide bonds. The molecule has 26 heavy (non-hydrogen) atoms. The van der Waals surface area contributed by atoms with Gasteiger partial charge in [0.2, 0.25) is 5.75 Å². The minimum absolute atomic E-state index is 0.202. The number of nitrogens with zero attached hydrogens (tertiary/aromatic N) is 1. The molecule has 0 spiro atoms. The molecule has 0 heterocycles. The van der Waals surface area contributed by atoms with Gasteiger partial charge in [-0.3, -0.25) is 4.79 Å². The zero-order valence-electron chi connectivity index (χ0n) is 14.8. The predicted octanol–water partition coefficient (Wildman–Crippen LogP) is 2.47. The van der Waals surface area contributed by atoms with Crippen molar-refractivity contribution in [1.29, 1.82) is 5.26 Å². The standard InChI is InChI=1S/C19H20N2O5/c1-23-16-9-13(10-17(24-2)19(16)25-3)15(11-20)21-18(22)12-26-14-7-5-4-6-8-14/h4-10,15H,12H2,1-3H3,(H,21,22). The summed E-state index contributed by atoms with van der Waals surface area (Å²) in [6.07, 6.45) is 0. The number of rotatable bonds is 8. The molecule has 0 aliphatic heterocycles. The van der Waals surface area contributed by atoms with Crippen molar-refractivity contribution in [2.24, 2.45) is 0 Å². The second kappa shape index (κ2) is 9.18. The molecule has 0 radical (unpaired) electrons. The summed E-state index contributed by atoms with van der Waals surface area (Å²) in [6.45, 7) is -0.202. The van der Waals surface area contributed by atoms with Crippen LogP contribution in [0.2, 0.25) is 0 Å². The minimum Gasteiger partial charge on any atom is -0.493 e. The summed E-state index contributed by atoms with van der Waals surface area (Å²) in [5.74, 6) is 1.36. The maximum absolute atomic E-state index is 12.1. The number of carbonyl (C=O) groups excluding carboxylic acids is 1.